The Balaban J connectivity index is 2.73. The van der Waals surface area contributed by atoms with Gasteiger partial charge in [-0.2, -0.15) is 0 Å². The predicted molar refractivity (Wildman–Crippen MR) is 157 cm³/mol. The van der Waals surface area contributed by atoms with Gasteiger partial charge in [0, 0.05) is 5.16 Å². The molecular formula is C33H53P. The van der Waals surface area contributed by atoms with Crippen molar-refractivity contribution in [1.29, 1.82) is 0 Å². The minimum absolute atomic E-state index is 0.00656. The Morgan fingerprint density at radius 3 is 1.29 bits per heavy atom. The lowest BCUT2D eigenvalue weighted by atomic mass is 9.77. The molecule has 0 bridgehead atoms. The second-order valence-corrected chi connectivity index (χ2v) is 11.4. The van der Waals surface area contributed by atoms with E-state index in [4.69, 9.17) is 0 Å². The Bertz CT molecular complexity index is 771. The maximum atomic E-state index is 3.44. The molecule has 2 aromatic rings. The van der Waals surface area contributed by atoms with Crippen LogP contribution in [0, 0.1) is 0 Å². The second kappa shape index (κ2) is 15.8. The first-order valence-corrected chi connectivity index (χ1v) is 15.2. The van der Waals surface area contributed by atoms with Crippen molar-refractivity contribution in [3.8, 4) is 0 Å². The quantitative estimate of drug-likeness (QED) is 0.197. The Morgan fingerprint density at radius 2 is 0.912 bits per heavy atom. The summed E-state index contributed by atoms with van der Waals surface area (Å²) in [4.78, 5) is 0. The fourth-order valence-electron chi connectivity index (χ4n) is 5.48. The standard InChI is InChI=1S/C33H53P/c1-6-11-18-27-20-16-24-31(29(27)22-13-8-3)33(34,26-15-10-5)32-25-17-21-28(19-12-7-2)30(32)23-14-9-4/h16-17,20-21,24-25H,6-15,18-19,22-23,26,34H2,1-5H3. The highest BCUT2D eigenvalue weighted by Crippen LogP contribution is 2.48. The van der Waals surface area contributed by atoms with Crippen LogP contribution >= 0.6 is 9.24 Å². The van der Waals surface area contributed by atoms with E-state index in [1.54, 1.807) is 33.4 Å². The van der Waals surface area contributed by atoms with Crippen molar-refractivity contribution in [3.05, 3.63) is 69.8 Å². The van der Waals surface area contributed by atoms with Crippen LogP contribution < -0.4 is 0 Å². The normalized spacial score (nSPS) is 11.8. The first kappa shape index (κ1) is 29.1. The largest absolute Gasteiger partial charge is 0.122 e. The monoisotopic (exact) mass is 480 g/mol. The van der Waals surface area contributed by atoms with Gasteiger partial charge in [-0.1, -0.05) is 110 Å². The van der Waals surface area contributed by atoms with Crippen molar-refractivity contribution in [3.63, 3.8) is 0 Å². The summed E-state index contributed by atoms with van der Waals surface area (Å²) in [6.07, 6.45) is 18.8. The minimum atomic E-state index is 0.00656. The molecule has 0 amide bonds. The third-order valence-electron chi connectivity index (χ3n) is 7.59. The van der Waals surface area contributed by atoms with Crippen LogP contribution in [0.2, 0.25) is 0 Å². The number of hydrogen-bond donors (Lipinski definition) is 0. The van der Waals surface area contributed by atoms with Gasteiger partial charge in [-0.05, 0) is 91.2 Å². The third-order valence-corrected chi connectivity index (χ3v) is 8.50. The number of rotatable bonds is 17. The molecule has 1 atom stereocenters. The molecule has 0 nitrogen and oxygen atoms in total. The minimum Gasteiger partial charge on any atom is -0.122 e. The first-order valence-electron chi connectivity index (χ1n) is 14.6. The summed E-state index contributed by atoms with van der Waals surface area (Å²) in [7, 11) is 3.44. The Kier molecular flexibility index (Phi) is 13.5. The van der Waals surface area contributed by atoms with E-state index in [0.29, 0.717) is 0 Å². The molecule has 0 aliphatic carbocycles. The molecule has 2 aromatic carbocycles. The molecule has 190 valence electrons. The van der Waals surface area contributed by atoms with Crippen LogP contribution in [-0.2, 0) is 30.8 Å². The highest BCUT2D eigenvalue weighted by molar-refractivity contribution is 7.19. The van der Waals surface area contributed by atoms with E-state index >= 15 is 0 Å². The van der Waals surface area contributed by atoms with Crippen molar-refractivity contribution in [2.75, 3.05) is 0 Å². The van der Waals surface area contributed by atoms with Crippen molar-refractivity contribution < 1.29 is 0 Å². The second-order valence-electron chi connectivity index (χ2n) is 10.4. The van der Waals surface area contributed by atoms with E-state index in [9.17, 15) is 0 Å². The topological polar surface area (TPSA) is 0 Å². The zero-order chi connectivity index (χ0) is 24.8. The lowest BCUT2D eigenvalue weighted by Crippen LogP contribution is -2.25. The van der Waals surface area contributed by atoms with E-state index in [1.165, 1.54) is 96.3 Å². The van der Waals surface area contributed by atoms with E-state index in [0.717, 1.165) is 0 Å². The van der Waals surface area contributed by atoms with Gasteiger partial charge in [-0.15, -0.1) is 9.24 Å². The Labute approximate surface area is 214 Å². The molecule has 0 spiro atoms. The molecule has 0 aliphatic rings. The highest BCUT2D eigenvalue weighted by Gasteiger charge is 2.33. The molecule has 0 heterocycles. The number of hydrogen-bond acceptors (Lipinski definition) is 0. The molecule has 0 fully saturated rings. The van der Waals surface area contributed by atoms with Crippen molar-refractivity contribution >= 4 is 9.24 Å². The van der Waals surface area contributed by atoms with Gasteiger partial charge in [0.1, 0.15) is 0 Å². The number of aryl methyl sites for hydroxylation is 2. The molecule has 0 radical (unpaired) electrons. The van der Waals surface area contributed by atoms with Crippen molar-refractivity contribution in [2.45, 2.75) is 136 Å². The van der Waals surface area contributed by atoms with Gasteiger partial charge in [0.05, 0.1) is 0 Å². The van der Waals surface area contributed by atoms with E-state index in [2.05, 4.69) is 80.3 Å². The Hall–Kier alpha value is -1.13. The molecular weight excluding hydrogens is 427 g/mol. The molecule has 0 aromatic heterocycles. The molecule has 34 heavy (non-hydrogen) atoms. The van der Waals surface area contributed by atoms with E-state index in [-0.39, 0.29) is 5.16 Å². The van der Waals surface area contributed by atoms with Crippen LogP contribution in [0.5, 0.6) is 0 Å². The van der Waals surface area contributed by atoms with Crippen molar-refractivity contribution in [1.82, 2.24) is 0 Å². The van der Waals surface area contributed by atoms with Crippen LogP contribution in [0.25, 0.3) is 0 Å². The fraction of sp³-hybridized carbons (Fsp3) is 0.636. The maximum absolute atomic E-state index is 3.44. The summed E-state index contributed by atoms with van der Waals surface area (Å²) in [6, 6.07) is 14.5. The lowest BCUT2D eigenvalue weighted by Gasteiger charge is -2.36. The molecule has 0 N–H and O–H groups in total. The summed E-state index contributed by atoms with van der Waals surface area (Å²) in [6.45, 7) is 11.6. The smallest absolute Gasteiger partial charge is 0.0350 e. The Morgan fingerprint density at radius 1 is 0.529 bits per heavy atom. The lowest BCUT2D eigenvalue weighted by molar-refractivity contribution is 0.590. The molecule has 0 saturated heterocycles. The maximum Gasteiger partial charge on any atom is 0.0350 e. The zero-order valence-corrected chi connectivity index (χ0v) is 24.3. The fourth-order valence-corrected chi connectivity index (χ4v) is 6.22. The van der Waals surface area contributed by atoms with E-state index < -0.39 is 0 Å². The van der Waals surface area contributed by atoms with Crippen LogP contribution in [0.15, 0.2) is 36.4 Å². The van der Waals surface area contributed by atoms with E-state index in [1.807, 2.05) is 0 Å². The van der Waals surface area contributed by atoms with Crippen LogP contribution in [0.3, 0.4) is 0 Å². The summed E-state index contributed by atoms with van der Waals surface area (Å²) in [5.41, 5.74) is 9.71. The van der Waals surface area contributed by atoms with Gasteiger partial charge >= 0.3 is 0 Å². The summed E-state index contributed by atoms with van der Waals surface area (Å²) < 4.78 is 0. The number of benzene rings is 2. The van der Waals surface area contributed by atoms with Crippen molar-refractivity contribution in [2.24, 2.45) is 0 Å². The summed E-state index contributed by atoms with van der Waals surface area (Å²) >= 11 is 0. The van der Waals surface area contributed by atoms with Crippen LogP contribution in [0.4, 0.5) is 0 Å². The molecule has 1 unspecified atom stereocenters. The van der Waals surface area contributed by atoms with Gasteiger partial charge < -0.3 is 0 Å². The summed E-state index contributed by atoms with van der Waals surface area (Å²) in [5, 5.41) is 0.00656. The molecule has 2 rings (SSSR count). The highest BCUT2D eigenvalue weighted by atomic mass is 31.0. The summed E-state index contributed by atoms with van der Waals surface area (Å²) in [5.74, 6) is 0. The van der Waals surface area contributed by atoms with Crippen LogP contribution in [-0.4, -0.2) is 0 Å². The third kappa shape index (κ3) is 7.68. The SMILES string of the molecule is CCCCc1cccc(C(P)(CCCC)c2cccc(CCCC)c2CCCC)c1CCCC. The molecule has 1 heteroatoms. The average molecular weight is 481 g/mol. The van der Waals surface area contributed by atoms with Crippen LogP contribution in [0.1, 0.15) is 139 Å². The average Bonchev–Trinajstić information content (AvgIpc) is 2.87. The molecule has 0 aliphatic heterocycles. The number of unbranched alkanes of at least 4 members (excludes halogenated alkanes) is 5. The van der Waals surface area contributed by atoms with Gasteiger partial charge in [0.2, 0.25) is 0 Å². The van der Waals surface area contributed by atoms with Gasteiger partial charge in [0.15, 0.2) is 0 Å². The van der Waals surface area contributed by atoms with Gasteiger partial charge in [-0.25, -0.2) is 0 Å². The predicted octanol–water partition coefficient (Wildman–Crippen LogP) is 10.4. The molecule has 0 saturated carbocycles. The first-order chi connectivity index (χ1) is 16.6. The zero-order valence-electron chi connectivity index (χ0n) is 23.1. The van der Waals surface area contributed by atoms with Gasteiger partial charge in [-0.3, -0.25) is 0 Å². The van der Waals surface area contributed by atoms with Gasteiger partial charge in [0.25, 0.3) is 0 Å².